The van der Waals surface area contributed by atoms with Crippen LogP contribution in [0.1, 0.15) is 32.4 Å². The molecule has 0 atom stereocenters. The van der Waals surface area contributed by atoms with Crippen LogP contribution in [0.5, 0.6) is 0 Å². The number of halogens is 3. The zero-order valence-corrected chi connectivity index (χ0v) is 12.7. The van der Waals surface area contributed by atoms with Crippen molar-refractivity contribution in [2.75, 3.05) is 18.0 Å². The maximum absolute atomic E-state index is 12.5. The van der Waals surface area contributed by atoms with E-state index in [9.17, 15) is 18.0 Å². The Morgan fingerprint density at radius 3 is 2.41 bits per heavy atom. The number of hydrogen-bond donors (Lipinski definition) is 1. The highest BCUT2D eigenvalue weighted by Crippen LogP contribution is 2.29. The van der Waals surface area contributed by atoms with E-state index in [0.29, 0.717) is 31.6 Å². The van der Waals surface area contributed by atoms with Crippen LogP contribution in [0.4, 0.5) is 18.9 Å². The molecule has 0 saturated carbocycles. The van der Waals surface area contributed by atoms with Crippen LogP contribution in [0.15, 0.2) is 18.3 Å². The summed E-state index contributed by atoms with van der Waals surface area (Å²) in [7, 11) is 0. The standard InChI is InChI=1S/C15H20F3N3O/c1-10(2)20-14(22)11-5-7-21(8-6-11)12-3-4-13(19-9-12)15(16,17)18/h3-4,9-11H,5-8H2,1-2H3,(H,20,22). The van der Waals surface area contributed by atoms with Crippen molar-refractivity contribution >= 4 is 11.6 Å². The fourth-order valence-electron chi connectivity index (χ4n) is 2.54. The van der Waals surface area contributed by atoms with Gasteiger partial charge in [0.15, 0.2) is 0 Å². The monoisotopic (exact) mass is 315 g/mol. The molecule has 0 unspecified atom stereocenters. The van der Waals surface area contributed by atoms with Crippen molar-refractivity contribution in [1.29, 1.82) is 0 Å². The van der Waals surface area contributed by atoms with Gasteiger partial charge in [-0.3, -0.25) is 4.79 Å². The lowest BCUT2D eigenvalue weighted by molar-refractivity contribution is -0.141. The fourth-order valence-corrected chi connectivity index (χ4v) is 2.54. The fraction of sp³-hybridized carbons (Fsp3) is 0.600. The highest BCUT2D eigenvalue weighted by Gasteiger charge is 2.32. The van der Waals surface area contributed by atoms with Crippen molar-refractivity contribution in [1.82, 2.24) is 10.3 Å². The van der Waals surface area contributed by atoms with E-state index in [2.05, 4.69) is 10.3 Å². The molecule has 1 fully saturated rings. The first-order valence-corrected chi connectivity index (χ1v) is 7.36. The number of hydrogen-bond acceptors (Lipinski definition) is 3. The van der Waals surface area contributed by atoms with Gasteiger partial charge in [-0.15, -0.1) is 0 Å². The summed E-state index contributed by atoms with van der Waals surface area (Å²) in [6.45, 7) is 5.12. The third-order valence-corrected chi connectivity index (χ3v) is 3.70. The maximum Gasteiger partial charge on any atom is 0.433 e. The predicted molar refractivity (Wildman–Crippen MR) is 77.5 cm³/mol. The van der Waals surface area contributed by atoms with Crippen LogP contribution in [0.25, 0.3) is 0 Å². The molecule has 1 aromatic rings. The summed E-state index contributed by atoms with van der Waals surface area (Å²) in [5, 5.41) is 2.90. The summed E-state index contributed by atoms with van der Waals surface area (Å²) in [6, 6.07) is 2.54. The summed E-state index contributed by atoms with van der Waals surface area (Å²) in [5.74, 6) is 0.0289. The molecule has 2 rings (SSSR count). The number of anilines is 1. The average molecular weight is 315 g/mol. The quantitative estimate of drug-likeness (QED) is 0.933. The molecule has 122 valence electrons. The Bertz CT molecular complexity index is 506. The third-order valence-electron chi connectivity index (χ3n) is 3.70. The predicted octanol–water partition coefficient (Wildman–Crippen LogP) is 2.84. The van der Waals surface area contributed by atoms with Crippen LogP contribution in [0, 0.1) is 5.92 Å². The second-order valence-corrected chi connectivity index (χ2v) is 5.82. The van der Waals surface area contributed by atoms with Crippen molar-refractivity contribution in [3.8, 4) is 0 Å². The van der Waals surface area contributed by atoms with Gasteiger partial charge in [-0.05, 0) is 38.8 Å². The van der Waals surface area contributed by atoms with Gasteiger partial charge in [0.25, 0.3) is 0 Å². The molecule has 0 aliphatic carbocycles. The van der Waals surface area contributed by atoms with E-state index >= 15 is 0 Å². The van der Waals surface area contributed by atoms with E-state index in [1.807, 2.05) is 18.7 Å². The normalized spacial score (nSPS) is 16.9. The number of aromatic nitrogens is 1. The number of piperidine rings is 1. The number of nitrogens with zero attached hydrogens (tertiary/aromatic N) is 2. The second-order valence-electron chi connectivity index (χ2n) is 5.82. The number of rotatable bonds is 3. The van der Waals surface area contributed by atoms with Crippen molar-refractivity contribution in [3.63, 3.8) is 0 Å². The van der Waals surface area contributed by atoms with Gasteiger partial charge in [0, 0.05) is 25.0 Å². The lowest BCUT2D eigenvalue weighted by atomic mass is 9.95. The summed E-state index contributed by atoms with van der Waals surface area (Å²) >= 11 is 0. The van der Waals surface area contributed by atoms with Crippen LogP contribution in [0.3, 0.4) is 0 Å². The van der Waals surface area contributed by atoms with Crippen molar-refractivity contribution < 1.29 is 18.0 Å². The van der Waals surface area contributed by atoms with E-state index in [1.54, 1.807) is 0 Å². The van der Waals surface area contributed by atoms with Gasteiger partial charge in [0.2, 0.25) is 5.91 Å². The number of carbonyl (C=O) groups is 1. The molecule has 0 radical (unpaired) electrons. The van der Waals surface area contributed by atoms with Gasteiger partial charge in [0.05, 0.1) is 11.9 Å². The Labute approximate surface area is 127 Å². The molecule has 1 aliphatic heterocycles. The van der Waals surface area contributed by atoms with E-state index in [0.717, 1.165) is 6.07 Å². The average Bonchev–Trinajstić information content (AvgIpc) is 2.46. The minimum Gasteiger partial charge on any atom is -0.370 e. The SMILES string of the molecule is CC(C)NC(=O)C1CCN(c2ccc(C(F)(F)F)nc2)CC1. The molecule has 0 spiro atoms. The molecule has 1 amide bonds. The topological polar surface area (TPSA) is 45.2 Å². The zero-order valence-electron chi connectivity index (χ0n) is 12.7. The minimum absolute atomic E-state index is 0.0268. The van der Waals surface area contributed by atoms with Crippen LogP contribution in [0.2, 0.25) is 0 Å². The van der Waals surface area contributed by atoms with Crippen molar-refractivity contribution in [3.05, 3.63) is 24.0 Å². The second kappa shape index (κ2) is 6.54. The first-order valence-electron chi connectivity index (χ1n) is 7.36. The number of nitrogens with one attached hydrogen (secondary N) is 1. The lowest BCUT2D eigenvalue weighted by Crippen LogP contribution is -2.42. The van der Waals surface area contributed by atoms with Crippen LogP contribution < -0.4 is 10.2 Å². The molecule has 22 heavy (non-hydrogen) atoms. The van der Waals surface area contributed by atoms with Crippen molar-refractivity contribution in [2.24, 2.45) is 5.92 Å². The van der Waals surface area contributed by atoms with Gasteiger partial charge in [-0.25, -0.2) is 4.98 Å². The highest BCUT2D eigenvalue weighted by molar-refractivity contribution is 5.79. The Kier molecular flexibility index (Phi) is 4.93. The molecule has 1 aliphatic rings. The zero-order chi connectivity index (χ0) is 16.3. The number of alkyl halides is 3. The lowest BCUT2D eigenvalue weighted by Gasteiger charge is -2.33. The summed E-state index contributed by atoms with van der Waals surface area (Å²) in [4.78, 5) is 17.4. The molecule has 1 N–H and O–H groups in total. The molecule has 1 aromatic heterocycles. The molecule has 0 aromatic carbocycles. The number of pyridine rings is 1. The maximum atomic E-state index is 12.5. The molecule has 4 nitrogen and oxygen atoms in total. The van der Waals surface area contributed by atoms with E-state index in [1.165, 1.54) is 12.3 Å². The molecular formula is C15H20F3N3O. The summed E-state index contributed by atoms with van der Waals surface area (Å²) < 4.78 is 37.5. The van der Waals surface area contributed by atoms with E-state index < -0.39 is 11.9 Å². The molecule has 1 saturated heterocycles. The largest absolute Gasteiger partial charge is 0.433 e. The Hall–Kier alpha value is -1.79. The van der Waals surface area contributed by atoms with Gasteiger partial charge in [-0.1, -0.05) is 0 Å². The Morgan fingerprint density at radius 2 is 1.95 bits per heavy atom. The molecule has 2 heterocycles. The summed E-state index contributed by atoms with van der Waals surface area (Å²) in [5.41, 5.74) is -0.224. The van der Waals surface area contributed by atoms with Gasteiger partial charge in [0.1, 0.15) is 5.69 Å². The first kappa shape index (κ1) is 16.6. The molecule has 0 bridgehead atoms. The van der Waals surface area contributed by atoms with E-state index in [-0.39, 0.29) is 17.9 Å². The molecular weight excluding hydrogens is 295 g/mol. The summed E-state index contributed by atoms with van der Waals surface area (Å²) in [6.07, 6.45) is -1.78. The Balaban J connectivity index is 1.93. The highest BCUT2D eigenvalue weighted by atomic mass is 19.4. The van der Waals surface area contributed by atoms with Crippen LogP contribution in [-0.2, 0) is 11.0 Å². The molecule has 7 heteroatoms. The third kappa shape index (κ3) is 4.11. The van der Waals surface area contributed by atoms with E-state index in [4.69, 9.17) is 0 Å². The number of carbonyl (C=O) groups excluding carboxylic acids is 1. The van der Waals surface area contributed by atoms with Gasteiger partial charge < -0.3 is 10.2 Å². The first-order chi connectivity index (χ1) is 10.3. The Morgan fingerprint density at radius 1 is 1.32 bits per heavy atom. The smallest absolute Gasteiger partial charge is 0.370 e. The van der Waals surface area contributed by atoms with Crippen LogP contribution >= 0.6 is 0 Å². The van der Waals surface area contributed by atoms with Gasteiger partial charge in [-0.2, -0.15) is 13.2 Å². The van der Waals surface area contributed by atoms with Crippen LogP contribution in [-0.4, -0.2) is 30.0 Å². The minimum atomic E-state index is -4.42. The number of amides is 1. The van der Waals surface area contributed by atoms with Crippen molar-refractivity contribution in [2.45, 2.75) is 38.9 Å². The van der Waals surface area contributed by atoms with Gasteiger partial charge >= 0.3 is 6.18 Å².